The van der Waals surface area contributed by atoms with Gasteiger partial charge in [0.05, 0.1) is 12.0 Å². The Bertz CT molecular complexity index is 422. The quantitative estimate of drug-likeness (QED) is 0.168. The van der Waals surface area contributed by atoms with E-state index in [-0.39, 0.29) is 41.4 Å². The minimum atomic E-state index is -0.0304. The van der Waals surface area contributed by atoms with E-state index in [1.54, 1.807) is 12.1 Å². The summed E-state index contributed by atoms with van der Waals surface area (Å²) < 4.78 is 5.02. The predicted molar refractivity (Wildman–Crippen MR) is 75.9 cm³/mol. The van der Waals surface area contributed by atoms with Gasteiger partial charge >= 0.3 is 29.6 Å². The number of amides is 1. The summed E-state index contributed by atoms with van der Waals surface area (Å²) in [7, 11) is 0. The van der Waals surface area contributed by atoms with Crippen LogP contribution in [0.1, 0.15) is 12.5 Å². The van der Waals surface area contributed by atoms with Gasteiger partial charge in [0.1, 0.15) is 0 Å². The molecule has 1 amide bonds. The first-order valence-corrected chi connectivity index (χ1v) is 7.45. The first kappa shape index (κ1) is 19.7. The van der Waals surface area contributed by atoms with Crippen LogP contribution in [0.5, 0.6) is 0 Å². The minimum Gasteiger partial charge on any atom is -0.691 e. The molecule has 0 radical (unpaired) electrons. The van der Waals surface area contributed by atoms with E-state index < -0.39 is 0 Å². The van der Waals surface area contributed by atoms with Crippen molar-refractivity contribution in [3.63, 3.8) is 0 Å². The second-order valence-corrected chi connectivity index (χ2v) is 5.37. The first-order valence-electron chi connectivity index (χ1n) is 5.19. The van der Waals surface area contributed by atoms with Crippen molar-refractivity contribution in [2.24, 2.45) is 5.92 Å². The number of hydrogen-bond donors (Lipinski definition) is 1. The van der Waals surface area contributed by atoms with E-state index in [0.29, 0.717) is 0 Å². The number of rotatable bonds is 6. The van der Waals surface area contributed by atoms with Crippen molar-refractivity contribution in [3.8, 4) is 0 Å². The molecule has 0 aliphatic carbocycles. The molecule has 1 aromatic carbocycles. The van der Waals surface area contributed by atoms with E-state index in [0.717, 1.165) is 32.6 Å². The van der Waals surface area contributed by atoms with E-state index in [4.69, 9.17) is 0 Å². The summed E-state index contributed by atoms with van der Waals surface area (Å²) in [5.74, 6) is -0.0412. The molecule has 0 bridgehead atoms. The summed E-state index contributed by atoms with van der Waals surface area (Å²) in [4.78, 5) is 12.5. The molecular formula is C11H13INNaO4S. The Labute approximate surface area is 152 Å². The van der Waals surface area contributed by atoms with Gasteiger partial charge in [-0.05, 0) is 30.7 Å². The fraction of sp³-hybridized carbons (Fsp3) is 0.364. The molecule has 19 heavy (non-hydrogen) atoms. The number of carbonyl (C=O) groups excluding carboxylic acids is 1. The molecule has 1 atom stereocenters. The van der Waals surface area contributed by atoms with Crippen molar-refractivity contribution in [3.05, 3.63) is 23.8 Å². The standard InChI is InChI=1S/C11H14INO4S.Na/c1-7-5-9(13-11(14)8(2)6-12)3-4-10(7)18-17-16-15;/h3-5,8,15H,6H2,1-2H3,(H,13,14);/q;+1/p-1. The zero-order valence-electron chi connectivity index (χ0n) is 10.9. The molecule has 0 saturated heterocycles. The fourth-order valence-corrected chi connectivity index (χ4v) is 2.02. The summed E-state index contributed by atoms with van der Waals surface area (Å²) in [5.41, 5.74) is 1.61. The van der Waals surface area contributed by atoms with Gasteiger partial charge in [0, 0.05) is 20.9 Å². The summed E-state index contributed by atoms with van der Waals surface area (Å²) in [6, 6.07) is 5.32. The second kappa shape index (κ2) is 10.4. The predicted octanol–water partition coefficient (Wildman–Crippen LogP) is -0.761. The Morgan fingerprint density at radius 2 is 2.26 bits per heavy atom. The van der Waals surface area contributed by atoms with Crippen LogP contribution >= 0.6 is 34.6 Å². The molecule has 0 aliphatic rings. The van der Waals surface area contributed by atoms with Crippen molar-refractivity contribution in [2.45, 2.75) is 18.7 Å². The molecule has 0 aromatic heterocycles. The van der Waals surface area contributed by atoms with Gasteiger partial charge in [-0.15, -0.1) is 0 Å². The Kier molecular flexibility index (Phi) is 10.7. The van der Waals surface area contributed by atoms with E-state index in [2.05, 4.69) is 37.3 Å². The maximum Gasteiger partial charge on any atom is 1.00 e. The van der Waals surface area contributed by atoms with Gasteiger partial charge in [-0.2, -0.15) is 4.33 Å². The van der Waals surface area contributed by atoms with E-state index in [9.17, 15) is 10.1 Å². The molecule has 0 spiro atoms. The van der Waals surface area contributed by atoms with E-state index in [1.807, 2.05) is 19.9 Å². The minimum absolute atomic E-state index is 0. The SMILES string of the molecule is Cc1cc(NC(=O)C(C)CI)ccc1SOO[O-].[Na+]. The van der Waals surface area contributed by atoms with Crippen LogP contribution in [0.25, 0.3) is 0 Å². The molecule has 0 saturated carbocycles. The van der Waals surface area contributed by atoms with Crippen molar-refractivity contribution in [1.29, 1.82) is 0 Å². The first-order chi connectivity index (χ1) is 8.58. The number of alkyl halides is 1. The monoisotopic (exact) mass is 405 g/mol. The number of anilines is 1. The van der Waals surface area contributed by atoms with Crippen LogP contribution < -0.4 is 40.1 Å². The molecule has 0 heterocycles. The zero-order chi connectivity index (χ0) is 13.5. The third kappa shape index (κ3) is 6.76. The van der Waals surface area contributed by atoms with Gasteiger partial charge in [0.15, 0.2) is 0 Å². The number of nitrogens with one attached hydrogen (secondary N) is 1. The number of carbonyl (C=O) groups is 1. The Hall–Kier alpha value is 0.650. The maximum absolute atomic E-state index is 11.7. The summed E-state index contributed by atoms with van der Waals surface area (Å²) in [5, 5.41) is 15.8. The van der Waals surface area contributed by atoms with Crippen LogP contribution in [-0.2, 0) is 14.2 Å². The van der Waals surface area contributed by atoms with Crippen LogP contribution in [0.2, 0.25) is 0 Å². The molecule has 0 aliphatic heterocycles. The number of aryl methyl sites for hydroxylation is 1. The zero-order valence-corrected chi connectivity index (χ0v) is 15.9. The summed E-state index contributed by atoms with van der Waals surface area (Å²) >= 11 is 3.01. The van der Waals surface area contributed by atoms with Gasteiger partial charge in [0.2, 0.25) is 5.91 Å². The summed E-state index contributed by atoms with van der Waals surface area (Å²) in [6.07, 6.45) is 0. The normalized spacial score (nSPS) is 11.6. The fourth-order valence-electron chi connectivity index (χ4n) is 1.21. The molecular weight excluding hydrogens is 392 g/mol. The molecule has 1 unspecified atom stereocenters. The largest absolute Gasteiger partial charge is 1.00 e. The van der Waals surface area contributed by atoms with Crippen molar-refractivity contribution >= 4 is 46.2 Å². The van der Waals surface area contributed by atoms with Gasteiger partial charge in [-0.25, -0.2) is 0 Å². The third-order valence-electron chi connectivity index (χ3n) is 2.27. The molecule has 8 heteroatoms. The van der Waals surface area contributed by atoms with Gasteiger partial charge < -0.3 is 10.6 Å². The van der Waals surface area contributed by atoms with E-state index >= 15 is 0 Å². The smallest absolute Gasteiger partial charge is 0.691 e. The Morgan fingerprint density at radius 3 is 2.79 bits per heavy atom. The molecule has 100 valence electrons. The van der Waals surface area contributed by atoms with Crippen LogP contribution in [-0.4, -0.2) is 10.3 Å². The summed E-state index contributed by atoms with van der Waals surface area (Å²) in [6.45, 7) is 3.73. The number of benzene rings is 1. The Balaban J connectivity index is 0.00000324. The van der Waals surface area contributed by atoms with Crippen LogP contribution in [0.3, 0.4) is 0 Å². The average Bonchev–Trinajstić information content (AvgIpc) is 2.36. The van der Waals surface area contributed by atoms with Gasteiger partial charge in [-0.1, -0.05) is 29.5 Å². The van der Waals surface area contributed by atoms with Gasteiger partial charge in [0.25, 0.3) is 0 Å². The third-order valence-corrected chi connectivity index (χ3v) is 4.36. The molecule has 0 fully saturated rings. The van der Waals surface area contributed by atoms with Crippen molar-refractivity contribution in [1.82, 2.24) is 0 Å². The molecule has 5 nitrogen and oxygen atoms in total. The number of halogens is 1. The molecule has 1 N–H and O–H groups in total. The topological polar surface area (TPSA) is 70.6 Å². The van der Waals surface area contributed by atoms with Crippen molar-refractivity contribution in [2.75, 3.05) is 9.74 Å². The number of hydrogen-bond acceptors (Lipinski definition) is 5. The van der Waals surface area contributed by atoms with Gasteiger partial charge in [-0.3, -0.25) is 9.83 Å². The van der Waals surface area contributed by atoms with Crippen LogP contribution in [0.4, 0.5) is 5.69 Å². The van der Waals surface area contributed by atoms with Crippen LogP contribution in [0.15, 0.2) is 23.1 Å². The van der Waals surface area contributed by atoms with E-state index in [1.165, 1.54) is 0 Å². The van der Waals surface area contributed by atoms with Crippen molar-refractivity contribution < 1.29 is 49.0 Å². The molecule has 1 aromatic rings. The average molecular weight is 405 g/mol. The molecule has 1 rings (SSSR count). The second-order valence-electron chi connectivity index (χ2n) is 3.74. The Morgan fingerprint density at radius 1 is 1.58 bits per heavy atom. The maximum atomic E-state index is 11.7. The van der Waals surface area contributed by atoms with Crippen LogP contribution in [0, 0.1) is 12.8 Å².